The number of hydrogen-bond acceptors (Lipinski definition) is 4. The first-order valence-electron chi connectivity index (χ1n) is 2.29. The number of ether oxygens (including phenoxy) is 1. The van der Waals surface area contributed by atoms with Gasteiger partial charge in [0, 0.05) is 0 Å². The second-order valence-electron chi connectivity index (χ2n) is 1.02. The van der Waals surface area contributed by atoms with Crippen LogP contribution in [0.2, 0.25) is 0 Å². The van der Waals surface area contributed by atoms with Crippen LogP contribution in [-0.2, 0) is 9.57 Å². The maximum atomic E-state index is 10.2. The number of nitrogens with zero attached hydrogens (tertiary/aromatic N) is 1. The van der Waals surface area contributed by atoms with E-state index in [1.54, 1.807) is 12.4 Å². The number of hydrogen-bond donors (Lipinski definition) is 1. The summed E-state index contributed by atoms with van der Waals surface area (Å²) in [4.78, 5) is 14.0. The van der Waals surface area contributed by atoms with Gasteiger partial charge in [-0.1, -0.05) is 0 Å². The molecule has 0 aliphatic heterocycles. The molecule has 10 heavy (non-hydrogen) atoms. The second-order valence-corrected chi connectivity index (χ2v) is 1.02. The number of amides is 1. The molecule has 0 radical (unpaired) electrons. The Kier molecular flexibility index (Phi) is 11.8. The molecule has 0 heterocycles. The van der Waals surface area contributed by atoms with Crippen molar-refractivity contribution < 1.29 is 14.4 Å². The Hall–Kier alpha value is 0.196. The van der Waals surface area contributed by atoms with Crippen LogP contribution in [0.4, 0.5) is 4.79 Å². The summed E-state index contributed by atoms with van der Waals surface area (Å²) in [7, 11) is 0. The van der Waals surface area contributed by atoms with Gasteiger partial charge < -0.3 is 4.74 Å². The first kappa shape index (κ1) is 12.8. The fraction of sp³-hybridized carbons (Fsp3) is 0.500. The molecule has 0 spiro atoms. The zero-order chi connectivity index (χ0) is 7.11. The van der Waals surface area contributed by atoms with Crippen LogP contribution in [0.25, 0.3) is 0 Å². The normalized spacial score (nSPS) is 6.40. The van der Waals surface area contributed by atoms with Crippen molar-refractivity contribution in [1.82, 2.24) is 5.48 Å². The van der Waals surface area contributed by atoms with Crippen molar-refractivity contribution in [1.29, 1.82) is 5.26 Å². The van der Waals surface area contributed by atoms with Crippen LogP contribution in [0, 0.1) is 11.5 Å². The summed E-state index contributed by atoms with van der Waals surface area (Å²) >= 11 is 0. The Morgan fingerprint density at radius 3 is 2.80 bits per heavy atom. The van der Waals surface area contributed by atoms with Crippen molar-refractivity contribution >= 4 is 57.5 Å². The fourth-order valence-electron chi connectivity index (χ4n) is 0.225. The number of rotatable bonds is 2. The van der Waals surface area contributed by atoms with Crippen LogP contribution in [0.3, 0.4) is 0 Å². The van der Waals surface area contributed by atoms with Crippen LogP contribution in [-0.4, -0.2) is 64.1 Å². The Balaban J connectivity index is 0. The summed E-state index contributed by atoms with van der Waals surface area (Å²) < 4.78 is 4.32. The molecule has 0 fully saturated rings. The third-order valence-corrected chi connectivity index (χ3v) is 0.455. The fourth-order valence-corrected chi connectivity index (χ4v) is 0.225. The second kappa shape index (κ2) is 9.20. The number of carbonyl (C=O) groups is 1. The molecule has 6 heteroatoms. The molecule has 0 saturated heterocycles. The van der Waals surface area contributed by atoms with Crippen molar-refractivity contribution in [2.24, 2.45) is 0 Å². The molecule has 0 bridgehead atoms. The maximum absolute atomic E-state index is 10.2. The van der Waals surface area contributed by atoms with Gasteiger partial charge in [-0.2, -0.15) is 0 Å². The molecule has 0 aromatic heterocycles. The van der Waals surface area contributed by atoms with Crippen molar-refractivity contribution in [2.75, 3.05) is 6.61 Å². The van der Waals surface area contributed by atoms with E-state index in [9.17, 15) is 4.79 Å². The molecule has 0 saturated carbocycles. The minimum absolute atomic E-state index is 0. The first-order chi connectivity index (χ1) is 4.31. The molecule has 0 unspecified atom stereocenters. The predicted octanol–water partition coefficient (Wildman–Crippen LogP) is -0.503. The molecule has 0 atom stereocenters. The van der Waals surface area contributed by atoms with Gasteiger partial charge in [-0.3, -0.25) is 4.84 Å². The number of nitriles is 1. The van der Waals surface area contributed by atoms with Gasteiger partial charge in [0.1, 0.15) is 0 Å². The molecule has 1 N–H and O–H groups in total. The molecule has 1 amide bonds. The van der Waals surface area contributed by atoms with Crippen molar-refractivity contribution in [3.8, 4) is 6.26 Å². The average molecular weight is 170 g/mol. The van der Waals surface area contributed by atoms with E-state index in [2.05, 4.69) is 9.57 Å². The Morgan fingerprint density at radius 1 is 1.80 bits per heavy atom. The summed E-state index contributed by atoms with van der Waals surface area (Å²) in [5.74, 6) is 0. The van der Waals surface area contributed by atoms with Gasteiger partial charge in [0.25, 0.3) is 0 Å². The molecule has 0 rings (SSSR count). The van der Waals surface area contributed by atoms with E-state index in [1.165, 1.54) is 6.26 Å². The van der Waals surface area contributed by atoms with Crippen molar-refractivity contribution in [3.63, 3.8) is 0 Å². The number of hydroxylamine groups is 1. The van der Waals surface area contributed by atoms with Gasteiger partial charge >= 0.3 is 63.7 Å². The molecule has 0 aromatic rings. The van der Waals surface area contributed by atoms with Crippen molar-refractivity contribution in [2.45, 2.75) is 6.92 Å². The molecule has 0 aliphatic carbocycles. The SMILES string of the molecule is CCOC(=O)NOC#N.[KH]. The molecule has 5 nitrogen and oxygen atoms in total. The molecular weight excluding hydrogens is 163 g/mol. The molecule has 52 valence electrons. The standard InChI is InChI=1S/C4H6N2O3.K.H/c1-2-8-4(7)6-9-3-5;;/h2H2,1H3,(H,6,7);;. The van der Waals surface area contributed by atoms with Crippen LogP contribution in [0.15, 0.2) is 0 Å². The van der Waals surface area contributed by atoms with Crippen LogP contribution < -0.4 is 5.48 Å². The zero-order valence-electron chi connectivity index (χ0n) is 4.88. The van der Waals surface area contributed by atoms with Gasteiger partial charge in [0.15, 0.2) is 0 Å². The number of carbonyl (C=O) groups excluding carboxylic acids is 1. The van der Waals surface area contributed by atoms with E-state index in [4.69, 9.17) is 5.26 Å². The summed E-state index contributed by atoms with van der Waals surface area (Å²) in [5.41, 5.74) is 1.71. The average Bonchev–Trinajstić information content (AvgIpc) is 1.85. The Labute approximate surface area is 101 Å². The topological polar surface area (TPSA) is 71.3 Å². The van der Waals surface area contributed by atoms with E-state index in [1.807, 2.05) is 0 Å². The van der Waals surface area contributed by atoms with E-state index < -0.39 is 6.09 Å². The van der Waals surface area contributed by atoms with Gasteiger partial charge in [0.2, 0.25) is 0 Å². The van der Waals surface area contributed by atoms with Crippen LogP contribution >= 0.6 is 0 Å². The van der Waals surface area contributed by atoms with Gasteiger partial charge in [-0.15, -0.1) is 10.7 Å². The third kappa shape index (κ3) is 8.20. The van der Waals surface area contributed by atoms with Crippen LogP contribution in [0.1, 0.15) is 6.92 Å². The van der Waals surface area contributed by atoms with Gasteiger partial charge in [-0.05, 0) is 6.92 Å². The Bertz CT molecular complexity index is 133. The molecule has 0 aromatic carbocycles. The first-order valence-corrected chi connectivity index (χ1v) is 2.29. The predicted molar refractivity (Wildman–Crippen MR) is 34.0 cm³/mol. The van der Waals surface area contributed by atoms with E-state index in [0.29, 0.717) is 0 Å². The summed E-state index contributed by atoms with van der Waals surface area (Å²) in [5, 5.41) is 7.74. The van der Waals surface area contributed by atoms with Gasteiger partial charge in [-0.25, -0.2) is 4.79 Å². The Morgan fingerprint density at radius 2 is 2.40 bits per heavy atom. The van der Waals surface area contributed by atoms with E-state index in [0.717, 1.165) is 0 Å². The van der Waals surface area contributed by atoms with Crippen LogP contribution in [0.5, 0.6) is 0 Å². The number of nitrogens with one attached hydrogen (secondary N) is 1. The van der Waals surface area contributed by atoms with E-state index >= 15 is 0 Å². The molecular formula is C4H7KN2O3. The third-order valence-electron chi connectivity index (χ3n) is 0.455. The van der Waals surface area contributed by atoms with Crippen molar-refractivity contribution in [3.05, 3.63) is 0 Å². The minimum atomic E-state index is -0.765. The summed E-state index contributed by atoms with van der Waals surface area (Å²) in [6.45, 7) is 1.90. The zero-order valence-corrected chi connectivity index (χ0v) is 4.88. The summed E-state index contributed by atoms with van der Waals surface area (Å²) in [6, 6.07) is 0. The quantitative estimate of drug-likeness (QED) is 0.344. The summed E-state index contributed by atoms with van der Waals surface area (Å²) in [6.07, 6.45) is 0.480. The monoisotopic (exact) mass is 170 g/mol. The molecule has 0 aliphatic rings. The van der Waals surface area contributed by atoms with E-state index in [-0.39, 0.29) is 58.0 Å². The van der Waals surface area contributed by atoms with Gasteiger partial charge in [0.05, 0.1) is 6.61 Å².